The third-order valence-corrected chi connectivity index (χ3v) is 3.35. The van der Waals surface area contributed by atoms with E-state index in [2.05, 4.69) is 27.8 Å². The number of hydrogen-bond acceptors (Lipinski definition) is 3. The van der Waals surface area contributed by atoms with Crippen molar-refractivity contribution >= 4 is 33.8 Å². The molecule has 6 heteroatoms. The number of halogens is 1. The summed E-state index contributed by atoms with van der Waals surface area (Å²) in [5.41, 5.74) is -1.26. The molecular formula is C11H15BrN2O3. The van der Waals surface area contributed by atoms with Crippen LogP contribution in [0.3, 0.4) is 0 Å². The van der Waals surface area contributed by atoms with Gasteiger partial charge in [-0.25, -0.2) is 4.79 Å². The van der Waals surface area contributed by atoms with Crippen molar-refractivity contribution in [2.75, 3.05) is 7.05 Å². The van der Waals surface area contributed by atoms with Gasteiger partial charge in [-0.15, -0.1) is 0 Å². The fourth-order valence-corrected chi connectivity index (χ4v) is 2.40. The molecule has 4 amide bonds. The van der Waals surface area contributed by atoms with Gasteiger partial charge in [0.25, 0.3) is 0 Å². The maximum absolute atomic E-state index is 12.2. The average molecular weight is 303 g/mol. The van der Waals surface area contributed by atoms with Crippen LogP contribution in [0.4, 0.5) is 4.79 Å². The van der Waals surface area contributed by atoms with Crippen LogP contribution in [-0.2, 0) is 9.59 Å². The summed E-state index contributed by atoms with van der Waals surface area (Å²) in [7, 11) is 1.36. The van der Waals surface area contributed by atoms with Crippen molar-refractivity contribution in [1.29, 1.82) is 0 Å². The summed E-state index contributed by atoms with van der Waals surface area (Å²) in [5, 5.41) is 2.20. The lowest BCUT2D eigenvalue weighted by Crippen LogP contribution is -2.64. The van der Waals surface area contributed by atoms with Crippen LogP contribution in [0.1, 0.15) is 20.3 Å². The van der Waals surface area contributed by atoms with Gasteiger partial charge >= 0.3 is 6.03 Å². The first-order valence-electron chi connectivity index (χ1n) is 5.20. The minimum atomic E-state index is -1.26. The molecule has 0 saturated carbocycles. The molecule has 0 radical (unpaired) electrons. The lowest BCUT2D eigenvalue weighted by atomic mass is 9.71. The molecule has 0 bridgehead atoms. The molecule has 94 valence electrons. The van der Waals surface area contributed by atoms with Crippen molar-refractivity contribution in [3.05, 3.63) is 11.1 Å². The first-order chi connectivity index (χ1) is 7.73. The second-order valence-electron chi connectivity index (χ2n) is 4.44. The van der Waals surface area contributed by atoms with Gasteiger partial charge in [0.15, 0.2) is 0 Å². The number of carbonyl (C=O) groups is 3. The summed E-state index contributed by atoms with van der Waals surface area (Å²) in [4.78, 5) is 36.5. The maximum atomic E-state index is 12.2. The molecular weight excluding hydrogens is 288 g/mol. The zero-order valence-corrected chi connectivity index (χ0v) is 11.6. The Bertz CT molecular complexity index is 406. The van der Waals surface area contributed by atoms with Crippen molar-refractivity contribution in [3.8, 4) is 0 Å². The molecule has 5 nitrogen and oxygen atoms in total. The Morgan fingerprint density at radius 3 is 2.41 bits per heavy atom. The van der Waals surface area contributed by atoms with Crippen molar-refractivity contribution < 1.29 is 14.4 Å². The monoisotopic (exact) mass is 302 g/mol. The number of carbonyl (C=O) groups excluding carboxylic acids is 3. The molecule has 1 rings (SSSR count). The van der Waals surface area contributed by atoms with Crippen LogP contribution in [0.2, 0.25) is 0 Å². The number of imide groups is 2. The standard InChI is InChI=1S/C11H15BrN2O3/c1-6(2)11(5-7(3)12)8(15)13-10(17)14(4)9(11)16/h6H,3,5H2,1-2,4H3,(H,13,15,17)/t11-/m1/s1. The molecule has 0 aromatic carbocycles. The SMILES string of the molecule is C=C(Br)C[C@@]1(C(C)C)C(=O)NC(=O)N(C)C1=O. The maximum Gasteiger partial charge on any atom is 0.330 e. The summed E-state index contributed by atoms with van der Waals surface area (Å²) in [6, 6.07) is -0.684. The Morgan fingerprint density at radius 2 is 2.00 bits per heavy atom. The molecule has 17 heavy (non-hydrogen) atoms. The van der Waals surface area contributed by atoms with E-state index in [0.29, 0.717) is 4.48 Å². The van der Waals surface area contributed by atoms with Crippen LogP contribution in [0.5, 0.6) is 0 Å². The molecule has 0 aliphatic carbocycles. The van der Waals surface area contributed by atoms with Gasteiger partial charge in [0.05, 0.1) is 0 Å². The Labute approximate surface area is 108 Å². The second-order valence-corrected chi connectivity index (χ2v) is 5.57. The molecule has 1 saturated heterocycles. The van der Waals surface area contributed by atoms with Crippen LogP contribution >= 0.6 is 15.9 Å². The highest BCUT2D eigenvalue weighted by Gasteiger charge is 2.54. The minimum absolute atomic E-state index is 0.174. The van der Waals surface area contributed by atoms with Crippen LogP contribution < -0.4 is 5.32 Å². The topological polar surface area (TPSA) is 66.5 Å². The Hall–Kier alpha value is -1.17. The van der Waals surface area contributed by atoms with Crippen molar-refractivity contribution in [1.82, 2.24) is 10.2 Å². The molecule has 0 unspecified atom stereocenters. The van der Waals surface area contributed by atoms with Gasteiger partial charge in [0.2, 0.25) is 11.8 Å². The molecule has 1 fully saturated rings. The highest BCUT2D eigenvalue weighted by molar-refractivity contribution is 9.11. The molecule has 1 aliphatic rings. The fourth-order valence-electron chi connectivity index (χ4n) is 1.95. The van der Waals surface area contributed by atoms with Gasteiger partial charge in [-0.1, -0.05) is 36.4 Å². The normalized spacial score (nSPS) is 25.2. The Kier molecular flexibility index (Phi) is 3.76. The summed E-state index contributed by atoms with van der Waals surface area (Å²) in [5.74, 6) is -1.28. The second kappa shape index (κ2) is 4.60. The van der Waals surface area contributed by atoms with Crippen LogP contribution in [-0.4, -0.2) is 29.8 Å². The van der Waals surface area contributed by atoms with E-state index in [1.807, 2.05) is 0 Å². The molecule has 1 aliphatic heterocycles. The van der Waals surface area contributed by atoms with Gasteiger partial charge < -0.3 is 0 Å². The van der Waals surface area contributed by atoms with E-state index in [9.17, 15) is 14.4 Å². The summed E-state index contributed by atoms with van der Waals surface area (Å²) in [6.45, 7) is 7.22. The zero-order chi connectivity index (χ0) is 13.4. The van der Waals surface area contributed by atoms with Crippen LogP contribution in [0.25, 0.3) is 0 Å². The van der Waals surface area contributed by atoms with E-state index >= 15 is 0 Å². The van der Waals surface area contributed by atoms with Crippen molar-refractivity contribution in [3.63, 3.8) is 0 Å². The lowest BCUT2D eigenvalue weighted by molar-refractivity contribution is -0.153. The van der Waals surface area contributed by atoms with E-state index in [1.165, 1.54) is 7.05 Å². The minimum Gasteiger partial charge on any atom is -0.277 e. The van der Waals surface area contributed by atoms with E-state index in [4.69, 9.17) is 0 Å². The number of rotatable bonds is 3. The van der Waals surface area contributed by atoms with E-state index in [-0.39, 0.29) is 12.3 Å². The van der Waals surface area contributed by atoms with Gasteiger partial charge in [-0.3, -0.25) is 19.8 Å². The Balaban J connectivity index is 3.27. The quantitative estimate of drug-likeness (QED) is 0.806. The number of allylic oxidation sites excluding steroid dienone is 1. The Morgan fingerprint density at radius 1 is 1.47 bits per heavy atom. The summed E-state index contributed by atoms with van der Waals surface area (Å²) >= 11 is 3.17. The van der Waals surface area contributed by atoms with Crippen LogP contribution in [0, 0.1) is 11.3 Å². The number of urea groups is 1. The van der Waals surface area contributed by atoms with E-state index < -0.39 is 23.3 Å². The highest BCUT2D eigenvalue weighted by Crippen LogP contribution is 2.39. The molecule has 0 aromatic rings. The van der Waals surface area contributed by atoms with E-state index in [1.54, 1.807) is 13.8 Å². The number of nitrogens with one attached hydrogen (secondary N) is 1. The third-order valence-electron chi connectivity index (χ3n) is 3.07. The number of amides is 4. The van der Waals surface area contributed by atoms with Crippen molar-refractivity contribution in [2.24, 2.45) is 11.3 Å². The van der Waals surface area contributed by atoms with Crippen LogP contribution in [0.15, 0.2) is 11.1 Å². The van der Waals surface area contributed by atoms with Crippen molar-refractivity contribution in [2.45, 2.75) is 20.3 Å². The summed E-state index contributed by atoms with van der Waals surface area (Å²) < 4.78 is 0.553. The first kappa shape index (κ1) is 13.9. The largest absolute Gasteiger partial charge is 0.330 e. The smallest absolute Gasteiger partial charge is 0.277 e. The number of hydrogen-bond donors (Lipinski definition) is 1. The number of barbiturate groups is 1. The molecule has 0 aromatic heterocycles. The average Bonchev–Trinajstić information content (AvgIpc) is 2.20. The lowest BCUT2D eigenvalue weighted by Gasteiger charge is -2.40. The highest BCUT2D eigenvalue weighted by atomic mass is 79.9. The molecule has 0 spiro atoms. The third kappa shape index (κ3) is 2.13. The predicted molar refractivity (Wildman–Crippen MR) is 66.3 cm³/mol. The van der Waals surface area contributed by atoms with Gasteiger partial charge in [-0.05, 0) is 10.4 Å². The fraction of sp³-hybridized carbons (Fsp3) is 0.545. The predicted octanol–water partition coefficient (Wildman–Crippen LogP) is 1.64. The van der Waals surface area contributed by atoms with Gasteiger partial charge in [-0.2, -0.15) is 0 Å². The van der Waals surface area contributed by atoms with Gasteiger partial charge in [0, 0.05) is 13.5 Å². The van der Waals surface area contributed by atoms with Gasteiger partial charge in [0.1, 0.15) is 5.41 Å². The first-order valence-corrected chi connectivity index (χ1v) is 5.99. The van der Waals surface area contributed by atoms with E-state index in [0.717, 1.165) is 4.90 Å². The molecule has 1 N–H and O–H groups in total. The molecule has 1 atom stereocenters. The molecule has 1 heterocycles. The zero-order valence-electron chi connectivity index (χ0n) is 10.0. The summed E-state index contributed by atoms with van der Waals surface area (Å²) in [6.07, 6.45) is 0.174. The number of nitrogens with zero attached hydrogens (tertiary/aromatic N) is 1.